The Kier molecular flexibility index (Phi) is 10.6. The molecule has 7 nitrogen and oxygen atoms in total. The molecule has 0 heterocycles. The van der Waals surface area contributed by atoms with Crippen LogP contribution in [0, 0.1) is 6.92 Å². The summed E-state index contributed by atoms with van der Waals surface area (Å²) in [7, 11) is -4.16. The van der Waals surface area contributed by atoms with E-state index >= 15 is 0 Å². The van der Waals surface area contributed by atoms with Gasteiger partial charge in [-0.15, -0.1) is 0 Å². The van der Waals surface area contributed by atoms with Crippen LogP contribution in [0.4, 0.5) is 5.69 Å². The molecule has 2 amide bonds. The second-order valence-corrected chi connectivity index (χ2v) is 13.8. The van der Waals surface area contributed by atoms with E-state index in [1.54, 1.807) is 42.5 Å². The van der Waals surface area contributed by atoms with Gasteiger partial charge in [0.1, 0.15) is 12.6 Å². The van der Waals surface area contributed by atoms with Gasteiger partial charge in [-0.2, -0.15) is 0 Å². The zero-order valence-electron chi connectivity index (χ0n) is 25.3. The maximum absolute atomic E-state index is 14.5. The highest BCUT2D eigenvalue weighted by molar-refractivity contribution is 7.92. The van der Waals surface area contributed by atoms with Gasteiger partial charge in [-0.1, -0.05) is 103 Å². The van der Waals surface area contributed by atoms with Crippen molar-refractivity contribution in [1.82, 2.24) is 10.2 Å². The lowest BCUT2D eigenvalue weighted by molar-refractivity contribution is -0.140. The van der Waals surface area contributed by atoms with Crippen molar-refractivity contribution in [3.05, 3.63) is 131 Å². The Morgan fingerprint density at radius 1 is 0.844 bits per heavy atom. The Labute approximate surface area is 270 Å². The minimum Gasteiger partial charge on any atom is -0.352 e. The van der Waals surface area contributed by atoms with Crippen LogP contribution in [0.15, 0.2) is 114 Å². The van der Waals surface area contributed by atoms with E-state index in [1.165, 1.54) is 17.0 Å². The van der Waals surface area contributed by atoms with Gasteiger partial charge in [0.25, 0.3) is 10.0 Å². The Bertz CT molecular complexity index is 1690. The molecule has 1 atom stereocenters. The number of benzene rings is 4. The average molecular weight is 644 g/mol. The quantitative estimate of drug-likeness (QED) is 0.190. The first kappa shape index (κ1) is 32.3. The van der Waals surface area contributed by atoms with Crippen molar-refractivity contribution in [3.63, 3.8) is 0 Å². The number of rotatable bonds is 12. The molecule has 1 aliphatic carbocycles. The van der Waals surface area contributed by atoms with Crippen molar-refractivity contribution in [2.45, 2.75) is 62.6 Å². The summed E-state index contributed by atoms with van der Waals surface area (Å²) in [4.78, 5) is 30.2. The third-order valence-electron chi connectivity index (χ3n) is 8.13. The topological polar surface area (TPSA) is 86.8 Å². The van der Waals surface area contributed by atoms with E-state index in [0.717, 1.165) is 46.7 Å². The molecule has 9 heteroatoms. The summed E-state index contributed by atoms with van der Waals surface area (Å²) in [6, 6.07) is 30.9. The number of aryl methyl sites for hydroxylation is 1. The average Bonchev–Trinajstić information content (AvgIpc) is 3.56. The monoisotopic (exact) mass is 643 g/mol. The number of nitrogens with one attached hydrogen (secondary N) is 1. The predicted octanol–water partition coefficient (Wildman–Crippen LogP) is 6.54. The number of halogens is 1. The number of hydrogen-bond acceptors (Lipinski definition) is 4. The molecule has 1 aliphatic rings. The van der Waals surface area contributed by atoms with Crippen LogP contribution in [0.5, 0.6) is 0 Å². The van der Waals surface area contributed by atoms with Crippen LogP contribution in [0.1, 0.15) is 42.4 Å². The van der Waals surface area contributed by atoms with Crippen molar-refractivity contribution < 1.29 is 18.0 Å². The van der Waals surface area contributed by atoms with Crippen LogP contribution < -0.4 is 9.62 Å². The largest absolute Gasteiger partial charge is 0.352 e. The van der Waals surface area contributed by atoms with Crippen molar-refractivity contribution in [2.24, 2.45) is 0 Å². The summed E-state index contributed by atoms with van der Waals surface area (Å²) in [6.07, 6.45) is 4.18. The summed E-state index contributed by atoms with van der Waals surface area (Å²) in [5, 5.41) is 3.64. The normalized spacial score (nSPS) is 14.1. The third kappa shape index (κ3) is 8.32. The highest BCUT2D eigenvalue weighted by atomic mass is 35.5. The summed E-state index contributed by atoms with van der Waals surface area (Å²) < 4.78 is 29.2. The molecule has 45 heavy (non-hydrogen) atoms. The van der Waals surface area contributed by atoms with E-state index in [0.29, 0.717) is 10.7 Å². The molecular weight excluding hydrogens is 606 g/mol. The van der Waals surface area contributed by atoms with Crippen LogP contribution in [0.25, 0.3) is 0 Å². The van der Waals surface area contributed by atoms with E-state index in [-0.39, 0.29) is 29.8 Å². The summed E-state index contributed by atoms with van der Waals surface area (Å²) in [6.45, 7) is 1.60. The number of hydrogen-bond donors (Lipinski definition) is 1. The molecule has 0 aliphatic heterocycles. The van der Waals surface area contributed by atoms with Gasteiger partial charge in [0.15, 0.2) is 0 Å². The highest BCUT2D eigenvalue weighted by Gasteiger charge is 2.35. The summed E-state index contributed by atoms with van der Waals surface area (Å²) in [5.74, 6) is -0.732. The van der Waals surface area contributed by atoms with Gasteiger partial charge >= 0.3 is 0 Å². The SMILES string of the molecule is Cc1cccc(CN(C(=O)CN(c2ccc(Cl)cc2)S(=O)(=O)c2ccccc2)C(Cc2ccccc2)C(=O)NC2CCCC2)c1. The number of anilines is 1. The van der Waals surface area contributed by atoms with Crippen LogP contribution in [0.2, 0.25) is 5.02 Å². The fourth-order valence-electron chi connectivity index (χ4n) is 5.78. The lowest BCUT2D eigenvalue weighted by Gasteiger charge is -2.34. The molecule has 4 aromatic carbocycles. The fraction of sp³-hybridized carbons (Fsp3) is 0.278. The van der Waals surface area contributed by atoms with E-state index in [2.05, 4.69) is 5.32 Å². The number of sulfonamides is 1. The van der Waals surface area contributed by atoms with Crippen LogP contribution >= 0.6 is 11.6 Å². The first-order valence-corrected chi connectivity index (χ1v) is 17.1. The van der Waals surface area contributed by atoms with Gasteiger partial charge in [-0.05, 0) is 67.3 Å². The molecule has 1 fully saturated rings. The molecule has 0 saturated heterocycles. The molecule has 1 saturated carbocycles. The second-order valence-electron chi connectivity index (χ2n) is 11.5. The van der Waals surface area contributed by atoms with E-state index in [9.17, 15) is 18.0 Å². The smallest absolute Gasteiger partial charge is 0.264 e. The molecule has 0 radical (unpaired) electrons. The van der Waals surface area contributed by atoms with Gasteiger partial charge in [-0.25, -0.2) is 8.42 Å². The van der Waals surface area contributed by atoms with Gasteiger partial charge in [0, 0.05) is 24.0 Å². The number of nitrogens with zero attached hydrogens (tertiary/aromatic N) is 2. The van der Waals surface area contributed by atoms with Crippen molar-refractivity contribution in [1.29, 1.82) is 0 Å². The Morgan fingerprint density at radius 3 is 2.11 bits per heavy atom. The molecule has 1 N–H and O–H groups in total. The number of carbonyl (C=O) groups is 2. The minimum atomic E-state index is -4.16. The third-order valence-corrected chi connectivity index (χ3v) is 10.2. The first-order valence-electron chi connectivity index (χ1n) is 15.2. The molecular formula is C36H38ClN3O4S. The minimum absolute atomic E-state index is 0.0516. The summed E-state index contributed by atoms with van der Waals surface area (Å²) in [5.41, 5.74) is 3.06. The molecule has 5 rings (SSSR count). The number of carbonyl (C=O) groups excluding carboxylic acids is 2. The van der Waals surface area contributed by atoms with E-state index in [4.69, 9.17) is 11.6 Å². The molecule has 0 spiro atoms. The zero-order chi connectivity index (χ0) is 31.8. The van der Waals surface area contributed by atoms with Crippen molar-refractivity contribution in [2.75, 3.05) is 10.8 Å². The summed E-state index contributed by atoms with van der Waals surface area (Å²) >= 11 is 6.14. The Morgan fingerprint density at radius 2 is 1.47 bits per heavy atom. The molecule has 4 aromatic rings. The predicted molar refractivity (Wildman–Crippen MR) is 178 cm³/mol. The standard InChI is InChI=1S/C36H38ClN3O4S/c1-27-11-10-14-29(23-27)25-39(34(24-28-12-4-2-5-13-28)36(42)38-31-15-8-9-16-31)35(41)26-40(32-21-19-30(37)20-22-32)45(43,44)33-17-6-3-7-18-33/h2-7,10-14,17-23,31,34H,8-9,15-16,24-26H2,1H3,(H,38,42). The van der Waals surface area contributed by atoms with Gasteiger partial charge in [0.2, 0.25) is 11.8 Å². The highest BCUT2D eigenvalue weighted by Crippen LogP contribution is 2.27. The Balaban J connectivity index is 1.56. The number of amides is 2. The van der Waals surface area contributed by atoms with Gasteiger partial charge in [-0.3, -0.25) is 13.9 Å². The zero-order valence-corrected chi connectivity index (χ0v) is 26.9. The molecule has 0 aromatic heterocycles. The molecule has 1 unspecified atom stereocenters. The van der Waals surface area contributed by atoms with Crippen molar-refractivity contribution >= 4 is 39.1 Å². The van der Waals surface area contributed by atoms with Crippen LogP contribution in [-0.2, 0) is 32.6 Å². The van der Waals surface area contributed by atoms with Crippen LogP contribution in [0.3, 0.4) is 0 Å². The van der Waals surface area contributed by atoms with Gasteiger partial charge in [0.05, 0.1) is 10.6 Å². The van der Waals surface area contributed by atoms with Crippen molar-refractivity contribution in [3.8, 4) is 0 Å². The maximum atomic E-state index is 14.5. The van der Waals surface area contributed by atoms with E-state index < -0.39 is 28.5 Å². The maximum Gasteiger partial charge on any atom is 0.264 e. The lowest BCUT2D eigenvalue weighted by atomic mass is 10.0. The van der Waals surface area contributed by atoms with Crippen LogP contribution in [-0.4, -0.2) is 43.8 Å². The fourth-order valence-corrected chi connectivity index (χ4v) is 7.35. The Hall–Kier alpha value is -4.14. The van der Waals surface area contributed by atoms with Gasteiger partial charge < -0.3 is 10.2 Å². The second kappa shape index (κ2) is 14.8. The molecule has 0 bridgehead atoms. The first-order chi connectivity index (χ1) is 21.7. The van der Waals surface area contributed by atoms with E-state index in [1.807, 2.05) is 61.5 Å². The lowest BCUT2D eigenvalue weighted by Crippen LogP contribution is -2.54. The molecule has 234 valence electrons.